The van der Waals surface area contributed by atoms with Crippen LogP contribution < -0.4 is 10.3 Å². The molecule has 0 amide bonds. The van der Waals surface area contributed by atoms with E-state index in [2.05, 4.69) is 10.1 Å². The molecule has 140 valence electrons. The summed E-state index contributed by atoms with van der Waals surface area (Å²) in [6.07, 6.45) is -2.85. The van der Waals surface area contributed by atoms with Gasteiger partial charge in [-0.2, -0.15) is 23.0 Å². The predicted molar refractivity (Wildman–Crippen MR) is 88.9 cm³/mol. The second kappa shape index (κ2) is 6.99. The molecule has 1 aromatic carbocycles. The molecule has 0 aliphatic carbocycles. The topological polar surface area (TPSA) is 57.0 Å². The highest BCUT2D eigenvalue weighted by Gasteiger charge is 2.30. The largest absolute Gasteiger partial charge is 0.454 e. The van der Waals surface area contributed by atoms with Crippen molar-refractivity contribution in [1.82, 2.24) is 14.8 Å². The molecule has 27 heavy (non-hydrogen) atoms. The number of nitrogens with zero attached hydrogens (tertiary/aromatic N) is 3. The molecular formula is C17H10ClF4N3O2. The van der Waals surface area contributed by atoms with Crippen molar-refractivity contribution in [2.24, 2.45) is 0 Å². The molecule has 0 radical (unpaired) electrons. The fraction of sp³-hybridized carbons (Fsp3) is 0.118. The van der Waals surface area contributed by atoms with Gasteiger partial charge in [0.25, 0.3) is 5.56 Å². The molecule has 0 aliphatic heterocycles. The van der Waals surface area contributed by atoms with Gasteiger partial charge in [0, 0.05) is 6.20 Å². The molecule has 3 aromatic rings. The van der Waals surface area contributed by atoms with Crippen molar-refractivity contribution < 1.29 is 22.3 Å². The molecule has 0 fully saturated rings. The molecule has 0 bridgehead atoms. The van der Waals surface area contributed by atoms with Crippen molar-refractivity contribution in [2.75, 3.05) is 0 Å². The number of ether oxygens (including phenoxy) is 1. The smallest absolute Gasteiger partial charge is 0.417 e. The number of aromatic nitrogens is 3. The van der Waals surface area contributed by atoms with E-state index in [4.69, 9.17) is 16.3 Å². The van der Waals surface area contributed by atoms with Gasteiger partial charge in [-0.05, 0) is 42.8 Å². The van der Waals surface area contributed by atoms with Gasteiger partial charge in [0.15, 0.2) is 16.6 Å². The Morgan fingerprint density at radius 3 is 2.48 bits per heavy atom. The number of hydrogen-bond donors (Lipinski definition) is 0. The van der Waals surface area contributed by atoms with Crippen LogP contribution in [0.3, 0.4) is 0 Å². The summed E-state index contributed by atoms with van der Waals surface area (Å²) in [6.45, 7) is 1.54. The molecule has 5 nitrogen and oxygen atoms in total. The van der Waals surface area contributed by atoms with E-state index in [-0.39, 0.29) is 22.3 Å². The van der Waals surface area contributed by atoms with E-state index in [0.717, 1.165) is 23.0 Å². The van der Waals surface area contributed by atoms with Crippen LogP contribution in [0, 0.1) is 12.7 Å². The first-order valence-electron chi connectivity index (χ1n) is 7.42. The van der Waals surface area contributed by atoms with Gasteiger partial charge in [-0.25, -0.2) is 9.37 Å². The lowest BCUT2D eigenvalue weighted by Crippen LogP contribution is -2.23. The van der Waals surface area contributed by atoms with Crippen LogP contribution in [0.2, 0.25) is 5.02 Å². The Hall–Kier alpha value is -2.94. The molecule has 0 atom stereocenters. The van der Waals surface area contributed by atoms with E-state index in [9.17, 15) is 22.4 Å². The summed E-state index contributed by atoms with van der Waals surface area (Å²) in [4.78, 5) is 15.9. The Morgan fingerprint density at radius 1 is 1.15 bits per heavy atom. The summed E-state index contributed by atoms with van der Waals surface area (Å²) < 4.78 is 57.3. The first kappa shape index (κ1) is 18.8. The highest BCUT2D eigenvalue weighted by Crippen LogP contribution is 2.29. The van der Waals surface area contributed by atoms with Crippen LogP contribution in [0.4, 0.5) is 17.6 Å². The fourth-order valence-electron chi connectivity index (χ4n) is 2.14. The number of aryl methyl sites for hydroxylation is 1. The number of alkyl halides is 3. The van der Waals surface area contributed by atoms with Gasteiger partial charge in [-0.15, -0.1) is 0 Å². The third-order valence-electron chi connectivity index (χ3n) is 3.54. The summed E-state index contributed by atoms with van der Waals surface area (Å²) in [7, 11) is 0. The summed E-state index contributed by atoms with van der Waals surface area (Å²) in [5, 5.41) is 3.46. The molecule has 0 aliphatic rings. The molecule has 2 aromatic heterocycles. The minimum atomic E-state index is -4.55. The Labute approximate surface area is 154 Å². The number of benzene rings is 1. The predicted octanol–water partition coefficient (Wildman–Crippen LogP) is 4.54. The summed E-state index contributed by atoms with van der Waals surface area (Å²) in [5.41, 5.74) is -1.46. The number of pyridine rings is 1. The highest BCUT2D eigenvalue weighted by atomic mass is 35.5. The van der Waals surface area contributed by atoms with E-state index in [1.807, 2.05) is 0 Å². The third-order valence-corrected chi connectivity index (χ3v) is 3.88. The number of rotatable bonds is 3. The molecule has 0 saturated heterocycles. The SMILES string of the molecule is Cc1cc(Oc2cnn(-c3ccc(C(F)(F)F)cn3)c(=O)c2Cl)ccc1F. The van der Waals surface area contributed by atoms with Crippen LogP contribution in [-0.2, 0) is 6.18 Å². The van der Waals surface area contributed by atoms with E-state index in [1.54, 1.807) is 0 Å². The maximum atomic E-state index is 13.3. The zero-order valence-electron chi connectivity index (χ0n) is 13.6. The standard InChI is InChI=1S/C17H10ClF4N3O2/c1-9-6-11(3-4-12(9)19)27-13-8-24-25(16(26)15(13)18)14-5-2-10(7-23-14)17(20,21)22/h2-8H,1H3. The third kappa shape index (κ3) is 3.92. The molecule has 2 heterocycles. The normalized spacial score (nSPS) is 11.5. The lowest BCUT2D eigenvalue weighted by Gasteiger charge is -2.10. The van der Waals surface area contributed by atoms with Crippen molar-refractivity contribution in [3.63, 3.8) is 0 Å². The Morgan fingerprint density at radius 2 is 1.89 bits per heavy atom. The molecule has 0 saturated carbocycles. The van der Waals surface area contributed by atoms with Crippen molar-refractivity contribution in [2.45, 2.75) is 13.1 Å². The van der Waals surface area contributed by atoms with Crippen molar-refractivity contribution in [1.29, 1.82) is 0 Å². The van der Waals surface area contributed by atoms with E-state index >= 15 is 0 Å². The summed E-state index contributed by atoms with van der Waals surface area (Å²) >= 11 is 5.99. The monoisotopic (exact) mass is 399 g/mol. The lowest BCUT2D eigenvalue weighted by atomic mass is 10.2. The minimum Gasteiger partial charge on any atom is -0.454 e. The van der Waals surface area contributed by atoms with Crippen LogP contribution in [0.25, 0.3) is 5.82 Å². The zero-order valence-corrected chi connectivity index (χ0v) is 14.3. The van der Waals surface area contributed by atoms with E-state index < -0.39 is 23.1 Å². The molecule has 0 unspecified atom stereocenters. The molecular weight excluding hydrogens is 390 g/mol. The number of hydrogen-bond acceptors (Lipinski definition) is 4. The maximum Gasteiger partial charge on any atom is 0.417 e. The maximum absolute atomic E-state index is 13.3. The van der Waals surface area contributed by atoms with Crippen molar-refractivity contribution in [3.8, 4) is 17.3 Å². The molecule has 0 N–H and O–H groups in total. The van der Waals surface area contributed by atoms with Crippen LogP contribution in [0.5, 0.6) is 11.5 Å². The average molecular weight is 400 g/mol. The first-order chi connectivity index (χ1) is 12.7. The van der Waals surface area contributed by atoms with Gasteiger partial charge < -0.3 is 4.74 Å². The second-order valence-electron chi connectivity index (χ2n) is 5.46. The lowest BCUT2D eigenvalue weighted by molar-refractivity contribution is -0.137. The van der Waals surface area contributed by atoms with Crippen LogP contribution >= 0.6 is 11.6 Å². The zero-order chi connectivity index (χ0) is 19.8. The Balaban J connectivity index is 1.93. The van der Waals surface area contributed by atoms with Gasteiger partial charge in [0.2, 0.25) is 0 Å². The van der Waals surface area contributed by atoms with E-state index in [1.165, 1.54) is 25.1 Å². The van der Waals surface area contributed by atoms with Gasteiger partial charge in [-0.3, -0.25) is 4.79 Å². The quantitative estimate of drug-likeness (QED) is 0.607. The van der Waals surface area contributed by atoms with Crippen LogP contribution in [0.15, 0.2) is 47.5 Å². The summed E-state index contributed by atoms with van der Waals surface area (Å²) in [5.74, 6) is -0.410. The van der Waals surface area contributed by atoms with Crippen molar-refractivity contribution >= 4 is 11.6 Å². The average Bonchev–Trinajstić information content (AvgIpc) is 2.62. The molecule has 3 rings (SSSR count). The molecule has 10 heteroatoms. The van der Waals surface area contributed by atoms with Gasteiger partial charge >= 0.3 is 6.18 Å². The molecule has 0 spiro atoms. The fourth-order valence-corrected chi connectivity index (χ4v) is 2.31. The summed E-state index contributed by atoms with van der Waals surface area (Å²) in [6, 6.07) is 5.73. The highest BCUT2D eigenvalue weighted by molar-refractivity contribution is 6.31. The Bertz CT molecular complexity index is 1050. The van der Waals surface area contributed by atoms with Crippen molar-refractivity contribution in [3.05, 3.63) is 75.0 Å². The Kier molecular flexibility index (Phi) is 4.88. The number of halogens is 5. The van der Waals surface area contributed by atoms with Gasteiger partial charge in [0.05, 0.1) is 11.8 Å². The van der Waals surface area contributed by atoms with Crippen LogP contribution in [0.1, 0.15) is 11.1 Å². The van der Waals surface area contributed by atoms with Crippen LogP contribution in [-0.4, -0.2) is 14.8 Å². The second-order valence-corrected chi connectivity index (χ2v) is 5.83. The first-order valence-corrected chi connectivity index (χ1v) is 7.80. The minimum absolute atomic E-state index is 0.0872. The van der Waals surface area contributed by atoms with Gasteiger partial charge in [0.1, 0.15) is 11.6 Å². The van der Waals surface area contributed by atoms with E-state index in [0.29, 0.717) is 11.8 Å². The van der Waals surface area contributed by atoms with Gasteiger partial charge in [-0.1, -0.05) is 11.6 Å².